The maximum absolute atomic E-state index is 2.80. The molecule has 4 aliphatic rings. The largest absolute Gasteiger partial charge is 1.00 e. The van der Waals surface area contributed by atoms with Crippen molar-refractivity contribution in [3.8, 4) is 0 Å². The molecular formula is C42H36Cl2HfN2. The van der Waals surface area contributed by atoms with E-state index in [1.165, 1.54) is 95.4 Å². The molecule has 2 unspecified atom stereocenters. The predicted octanol–water partition coefficient (Wildman–Crippen LogP) is 4.03. The van der Waals surface area contributed by atoms with Crippen LogP contribution in [0.4, 0.5) is 0 Å². The summed E-state index contributed by atoms with van der Waals surface area (Å²) in [5.74, 6) is 0. The summed E-state index contributed by atoms with van der Waals surface area (Å²) in [6.07, 6.45) is 15.3. The molecule has 0 radical (unpaired) electrons. The molecule has 0 N–H and O–H groups in total. The molecule has 2 aromatic heterocycles. The molecule has 0 amide bonds. The number of aryl methyl sites for hydroxylation is 2. The molecule has 6 aromatic rings. The first-order chi connectivity index (χ1) is 22.3. The number of benzene rings is 4. The van der Waals surface area contributed by atoms with Gasteiger partial charge in [-0.15, -0.1) is 0 Å². The third kappa shape index (κ3) is 4.75. The molecule has 5 heteroatoms. The molecular weight excluding hydrogens is 782 g/mol. The Hall–Kier alpha value is -3.11. The number of fused-ring (bicyclic) bond motifs is 8. The van der Waals surface area contributed by atoms with Crippen LogP contribution in [0, 0.1) is 0 Å². The first-order valence-electron chi connectivity index (χ1n) is 16.9. The Bertz CT molecular complexity index is 2080. The van der Waals surface area contributed by atoms with E-state index in [2.05, 4.69) is 118 Å². The van der Waals surface area contributed by atoms with Gasteiger partial charge in [-0.25, -0.2) is 0 Å². The van der Waals surface area contributed by atoms with Gasteiger partial charge in [0.2, 0.25) is 0 Å². The van der Waals surface area contributed by atoms with Crippen LogP contribution in [0.1, 0.15) is 82.5 Å². The number of rotatable bonds is 4. The number of allylic oxidation sites excluding steroid dienone is 2. The van der Waals surface area contributed by atoms with Crippen molar-refractivity contribution in [2.75, 3.05) is 0 Å². The monoisotopic (exact) mass is 818 g/mol. The van der Waals surface area contributed by atoms with Crippen LogP contribution in [0.25, 0.3) is 34.0 Å². The van der Waals surface area contributed by atoms with Gasteiger partial charge >= 0.3 is 278 Å². The van der Waals surface area contributed by atoms with E-state index in [4.69, 9.17) is 0 Å². The first-order valence-corrected chi connectivity index (χ1v) is 20.5. The molecule has 0 fully saturated rings. The average molecular weight is 818 g/mol. The minimum absolute atomic E-state index is 0. The van der Waals surface area contributed by atoms with E-state index < -0.39 is 22.9 Å². The van der Waals surface area contributed by atoms with Gasteiger partial charge in [-0.3, -0.25) is 0 Å². The number of hydrogen-bond acceptors (Lipinski definition) is 0. The number of hydrogen-bond donors (Lipinski definition) is 0. The first kappa shape index (κ1) is 31.2. The Morgan fingerprint density at radius 1 is 0.468 bits per heavy atom. The van der Waals surface area contributed by atoms with Gasteiger partial charge in [0, 0.05) is 0 Å². The van der Waals surface area contributed by atoms with E-state index in [9.17, 15) is 0 Å². The van der Waals surface area contributed by atoms with E-state index in [1.54, 1.807) is 29.2 Å². The molecule has 232 valence electrons. The quantitative estimate of drug-likeness (QED) is 0.238. The maximum atomic E-state index is 2.80. The molecule has 10 rings (SSSR count). The van der Waals surface area contributed by atoms with Crippen molar-refractivity contribution < 1.29 is 47.7 Å². The standard InChI is InChI=1S/2C21H18N.2ClH.Hf/c2*1-2-8-16-15(7-1)13-14-21(16)22-19-11-5-3-9-17(19)18-10-4-6-12-20(18)22;;;/h2*1-3,5,7-9,11,13,21H,4,6,10,12H2;2*1H;/q;;;;+2/p-2. The summed E-state index contributed by atoms with van der Waals surface area (Å²) in [6, 6.07) is 37.7. The van der Waals surface area contributed by atoms with Crippen LogP contribution in [0.15, 0.2) is 104 Å². The topological polar surface area (TPSA) is 9.86 Å². The molecule has 0 saturated heterocycles. The Labute approximate surface area is 300 Å². The number of nitrogens with zero attached hydrogens (tertiary/aromatic N) is 2. The molecule has 0 spiro atoms. The molecule has 2 nitrogen and oxygen atoms in total. The smallest absolute Gasteiger partial charge is 1.00 e. The fraction of sp³-hybridized carbons (Fsp3) is 0.238. The zero-order valence-electron chi connectivity index (χ0n) is 26.4. The SMILES string of the molecule is C1=[C]([Hf+2][C]2=Cc3ccccc3C2n2c3c(c4ccccc42)CCCC3)C(n2c3c(c4ccccc42)CCCC3)c2ccccc21.[Cl-].[Cl-]. The molecule has 4 aromatic carbocycles. The fourth-order valence-electron chi connectivity index (χ4n) is 9.19. The third-order valence-electron chi connectivity index (χ3n) is 11.0. The Morgan fingerprint density at radius 3 is 1.36 bits per heavy atom. The molecule has 0 saturated carbocycles. The molecule has 0 aliphatic heterocycles. The molecule has 0 bridgehead atoms. The van der Waals surface area contributed by atoms with E-state index in [1.807, 2.05) is 0 Å². The van der Waals surface area contributed by atoms with E-state index >= 15 is 0 Å². The second-order valence-corrected chi connectivity index (χ2v) is 18.5. The normalized spacial score (nSPS) is 19.1. The average Bonchev–Trinajstić information content (AvgIpc) is 3.82. The second-order valence-electron chi connectivity index (χ2n) is 13.4. The van der Waals surface area contributed by atoms with E-state index in [-0.39, 0.29) is 24.8 Å². The minimum Gasteiger partial charge on any atom is -1.00 e. The molecule has 47 heavy (non-hydrogen) atoms. The maximum Gasteiger partial charge on any atom is -1.00 e. The van der Waals surface area contributed by atoms with Gasteiger partial charge in [0.1, 0.15) is 0 Å². The zero-order valence-corrected chi connectivity index (χ0v) is 31.5. The predicted molar refractivity (Wildman–Crippen MR) is 182 cm³/mol. The van der Waals surface area contributed by atoms with Gasteiger partial charge in [-0.1, -0.05) is 0 Å². The van der Waals surface area contributed by atoms with E-state index in [0.717, 1.165) is 0 Å². The van der Waals surface area contributed by atoms with Gasteiger partial charge in [-0.2, -0.15) is 0 Å². The van der Waals surface area contributed by atoms with Crippen molar-refractivity contribution in [1.82, 2.24) is 9.13 Å². The van der Waals surface area contributed by atoms with Crippen molar-refractivity contribution in [2.45, 2.75) is 63.5 Å². The van der Waals surface area contributed by atoms with Crippen LogP contribution in [-0.2, 0) is 48.6 Å². The van der Waals surface area contributed by atoms with Crippen molar-refractivity contribution >= 4 is 34.0 Å². The van der Waals surface area contributed by atoms with Gasteiger partial charge < -0.3 is 24.8 Å². The molecule has 4 aliphatic carbocycles. The summed E-state index contributed by atoms with van der Waals surface area (Å²) in [5, 5.41) is 2.97. The van der Waals surface area contributed by atoms with Crippen molar-refractivity contribution in [1.29, 1.82) is 0 Å². The van der Waals surface area contributed by atoms with E-state index in [0.29, 0.717) is 12.1 Å². The minimum atomic E-state index is -1.51. The van der Waals surface area contributed by atoms with Crippen LogP contribution in [0.5, 0.6) is 0 Å². The summed E-state index contributed by atoms with van der Waals surface area (Å²) in [4.78, 5) is 0. The zero-order chi connectivity index (χ0) is 29.5. The summed E-state index contributed by atoms with van der Waals surface area (Å²) < 4.78 is 9.05. The van der Waals surface area contributed by atoms with Gasteiger partial charge in [0.15, 0.2) is 0 Å². The number of aromatic nitrogens is 2. The van der Waals surface area contributed by atoms with Crippen LogP contribution in [0.2, 0.25) is 0 Å². The fourth-order valence-corrected chi connectivity index (χ4v) is 15.1. The third-order valence-corrected chi connectivity index (χ3v) is 16.1. The summed E-state index contributed by atoms with van der Waals surface area (Å²) >= 11 is -1.51. The van der Waals surface area contributed by atoms with Gasteiger partial charge in [0.25, 0.3) is 0 Å². The van der Waals surface area contributed by atoms with Gasteiger partial charge in [-0.05, 0) is 0 Å². The van der Waals surface area contributed by atoms with Crippen molar-refractivity contribution in [3.05, 3.63) is 148 Å². The Morgan fingerprint density at radius 2 is 0.872 bits per heavy atom. The number of halogens is 2. The van der Waals surface area contributed by atoms with Crippen LogP contribution >= 0.6 is 0 Å². The van der Waals surface area contributed by atoms with Crippen molar-refractivity contribution in [2.24, 2.45) is 0 Å². The summed E-state index contributed by atoms with van der Waals surface area (Å²) in [5.41, 5.74) is 15.2. The van der Waals surface area contributed by atoms with Crippen molar-refractivity contribution in [3.63, 3.8) is 0 Å². The van der Waals surface area contributed by atoms with Crippen LogP contribution in [0.3, 0.4) is 0 Å². The second kappa shape index (κ2) is 12.4. The van der Waals surface area contributed by atoms with Crippen LogP contribution < -0.4 is 24.8 Å². The van der Waals surface area contributed by atoms with Gasteiger partial charge in [0.05, 0.1) is 0 Å². The Balaban J connectivity index is 0.00000162. The molecule has 2 atom stereocenters. The number of para-hydroxylation sites is 2. The summed E-state index contributed by atoms with van der Waals surface area (Å²) in [6.45, 7) is 0. The summed E-state index contributed by atoms with van der Waals surface area (Å²) in [7, 11) is 0. The Kier molecular flexibility index (Phi) is 8.23. The van der Waals surface area contributed by atoms with Crippen LogP contribution in [-0.4, -0.2) is 9.13 Å². The molecule has 2 heterocycles.